The Morgan fingerprint density at radius 3 is 2.75 bits per heavy atom. The highest BCUT2D eigenvalue weighted by atomic mass is 19.1. The lowest BCUT2D eigenvalue weighted by Gasteiger charge is -2.18. The van der Waals surface area contributed by atoms with Crippen LogP contribution in [-0.4, -0.2) is 33.2 Å². The van der Waals surface area contributed by atoms with Crippen LogP contribution in [0.4, 0.5) is 16.0 Å². The molecule has 0 fully saturated rings. The lowest BCUT2D eigenvalue weighted by Crippen LogP contribution is -2.23. The van der Waals surface area contributed by atoms with Gasteiger partial charge in [-0.1, -0.05) is 6.07 Å². The fraction of sp³-hybridized carbons (Fsp3) is 0.179. The van der Waals surface area contributed by atoms with Gasteiger partial charge in [0, 0.05) is 66.0 Å². The highest BCUT2D eigenvalue weighted by Gasteiger charge is 2.18. The molecule has 1 aliphatic heterocycles. The Balaban J connectivity index is 1.47. The van der Waals surface area contributed by atoms with E-state index in [1.54, 1.807) is 19.4 Å². The van der Waals surface area contributed by atoms with E-state index in [1.807, 2.05) is 36.0 Å². The fourth-order valence-electron chi connectivity index (χ4n) is 4.76. The van der Waals surface area contributed by atoms with Crippen molar-refractivity contribution in [2.75, 3.05) is 19.0 Å². The number of benzene rings is 2. The Morgan fingerprint density at radius 2 is 1.92 bits per heavy atom. The van der Waals surface area contributed by atoms with Gasteiger partial charge in [-0.25, -0.2) is 15.0 Å². The maximum atomic E-state index is 13.6. The molecule has 0 aliphatic carbocycles. The van der Waals surface area contributed by atoms with Crippen molar-refractivity contribution in [2.24, 2.45) is 7.05 Å². The van der Waals surface area contributed by atoms with Crippen LogP contribution in [0, 0.1) is 5.95 Å². The van der Waals surface area contributed by atoms with Gasteiger partial charge in [0.05, 0.1) is 18.3 Å². The van der Waals surface area contributed by atoms with E-state index < -0.39 is 5.95 Å². The fourth-order valence-corrected chi connectivity index (χ4v) is 4.76. The number of aryl methyl sites for hydroxylation is 1. The molecule has 36 heavy (non-hydrogen) atoms. The summed E-state index contributed by atoms with van der Waals surface area (Å²) >= 11 is 0. The molecule has 0 saturated heterocycles. The van der Waals surface area contributed by atoms with Crippen LogP contribution in [0.25, 0.3) is 33.3 Å². The summed E-state index contributed by atoms with van der Waals surface area (Å²) in [6.45, 7) is 1.87. The second kappa shape index (κ2) is 9.05. The quantitative estimate of drug-likeness (QED) is 0.335. The van der Waals surface area contributed by atoms with E-state index in [4.69, 9.17) is 9.72 Å². The van der Waals surface area contributed by atoms with Gasteiger partial charge in [-0.05, 0) is 60.5 Å². The van der Waals surface area contributed by atoms with Gasteiger partial charge in [0.2, 0.25) is 11.9 Å². The Morgan fingerprint density at radius 1 is 1.00 bits per heavy atom. The van der Waals surface area contributed by atoms with Gasteiger partial charge >= 0.3 is 0 Å². The van der Waals surface area contributed by atoms with Gasteiger partial charge in [-0.15, -0.1) is 0 Å². The first kappa shape index (κ1) is 22.2. The summed E-state index contributed by atoms with van der Waals surface area (Å²) in [5, 5.41) is 7.81. The zero-order chi connectivity index (χ0) is 24.6. The van der Waals surface area contributed by atoms with Crippen molar-refractivity contribution in [1.29, 1.82) is 0 Å². The number of ether oxygens (including phenoxy) is 1. The van der Waals surface area contributed by atoms with E-state index in [2.05, 4.69) is 38.8 Å². The van der Waals surface area contributed by atoms with Gasteiger partial charge in [0.1, 0.15) is 5.75 Å². The largest absolute Gasteiger partial charge is 0.497 e. The van der Waals surface area contributed by atoms with Crippen LogP contribution in [0.15, 0.2) is 67.1 Å². The third kappa shape index (κ3) is 4.05. The second-order valence-corrected chi connectivity index (χ2v) is 8.90. The number of rotatable bonds is 5. The topological polar surface area (TPSA) is 76.9 Å². The van der Waals surface area contributed by atoms with Crippen LogP contribution in [0.3, 0.4) is 0 Å². The van der Waals surface area contributed by atoms with Gasteiger partial charge in [-0.3, -0.25) is 0 Å². The number of nitrogens with zero attached hydrogens (tertiary/aromatic N) is 4. The first-order valence-corrected chi connectivity index (χ1v) is 11.8. The summed E-state index contributed by atoms with van der Waals surface area (Å²) in [5.74, 6) is 0.744. The van der Waals surface area contributed by atoms with E-state index >= 15 is 0 Å². The van der Waals surface area contributed by atoms with Crippen molar-refractivity contribution in [3.8, 4) is 28.1 Å². The van der Waals surface area contributed by atoms with Crippen LogP contribution in [-0.2, 0) is 20.0 Å². The summed E-state index contributed by atoms with van der Waals surface area (Å²) in [5.41, 5.74) is 7.80. The van der Waals surface area contributed by atoms with Crippen molar-refractivity contribution in [3.63, 3.8) is 0 Å². The average molecular weight is 481 g/mol. The monoisotopic (exact) mass is 480 g/mol. The van der Waals surface area contributed by atoms with Gasteiger partial charge < -0.3 is 19.9 Å². The lowest BCUT2D eigenvalue weighted by atomic mass is 10.0. The zero-order valence-electron chi connectivity index (χ0n) is 20.0. The average Bonchev–Trinajstić information content (AvgIpc) is 3.24. The number of hydrogen-bond donors (Lipinski definition) is 2. The number of fused-ring (bicyclic) bond motifs is 2. The molecule has 2 N–H and O–H groups in total. The molecule has 7 nitrogen and oxygen atoms in total. The van der Waals surface area contributed by atoms with E-state index in [0.717, 1.165) is 64.2 Å². The predicted molar refractivity (Wildman–Crippen MR) is 139 cm³/mol. The van der Waals surface area contributed by atoms with E-state index in [9.17, 15) is 4.39 Å². The Hall–Kier alpha value is -4.30. The summed E-state index contributed by atoms with van der Waals surface area (Å²) in [6, 6.07) is 15.4. The molecule has 0 bridgehead atoms. The number of anilines is 2. The number of halogens is 1. The number of hydrogen-bond acceptors (Lipinski definition) is 6. The van der Waals surface area contributed by atoms with Crippen molar-refractivity contribution in [1.82, 2.24) is 24.8 Å². The molecule has 0 atom stereocenters. The Labute approximate surface area is 208 Å². The van der Waals surface area contributed by atoms with Crippen LogP contribution in [0.5, 0.6) is 5.75 Å². The highest BCUT2D eigenvalue weighted by molar-refractivity contribution is 5.99. The summed E-state index contributed by atoms with van der Waals surface area (Å²) < 4.78 is 21.0. The molecule has 6 rings (SSSR count). The van der Waals surface area contributed by atoms with Crippen LogP contribution >= 0.6 is 0 Å². The van der Waals surface area contributed by atoms with Gasteiger partial charge in [0.15, 0.2) is 0 Å². The molecule has 0 spiro atoms. The minimum Gasteiger partial charge on any atom is -0.497 e. The van der Waals surface area contributed by atoms with Gasteiger partial charge in [-0.2, -0.15) is 4.39 Å². The molecule has 0 unspecified atom stereocenters. The maximum absolute atomic E-state index is 13.6. The minimum absolute atomic E-state index is 0.489. The number of methoxy groups -OCH3 is 1. The smallest absolute Gasteiger partial charge is 0.227 e. The Kier molecular flexibility index (Phi) is 5.58. The summed E-state index contributed by atoms with van der Waals surface area (Å²) in [7, 11) is 3.65. The molecule has 3 aromatic heterocycles. The molecule has 5 aromatic rings. The van der Waals surface area contributed by atoms with Crippen molar-refractivity contribution in [2.45, 2.75) is 13.0 Å². The molecule has 180 valence electrons. The number of pyridine rings is 1. The number of nitrogens with one attached hydrogen (secondary N) is 2. The van der Waals surface area contributed by atoms with Crippen molar-refractivity contribution < 1.29 is 9.13 Å². The molecular weight excluding hydrogens is 455 g/mol. The van der Waals surface area contributed by atoms with E-state index in [1.165, 1.54) is 23.4 Å². The van der Waals surface area contributed by atoms with E-state index in [-0.39, 0.29) is 0 Å². The SMILES string of the molecule is COc1ccc2c(-c3nc(Nc4ccc5c(c4)CCNC5)ncc3-c3ccc(F)nc3)cn(C)c2c1. The summed E-state index contributed by atoms with van der Waals surface area (Å²) in [6.07, 6.45) is 6.32. The molecule has 0 amide bonds. The van der Waals surface area contributed by atoms with Crippen molar-refractivity contribution in [3.05, 3.63) is 84.2 Å². The second-order valence-electron chi connectivity index (χ2n) is 8.90. The predicted octanol–water partition coefficient (Wildman–Crippen LogP) is 5.23. The standard InChI is InChI=1S/C28H25FN6O/c1-35-16-24(22-7-6-21(36-2)12-25(22)35)27-23(19-4-8-26(29)31-14-19)15-32-28(34-27)33-20-5-3-18-13-30-10-9-17(18)11-20/h3-8,11-12,14-16,30H,9-10,13H2,1-2H3,(H,32,33,34). The van der Waals surface area contributed by atoms with E-state index in [0.29, 0.717) is 5.95 Å². The normalized spacial score (nSPS) is 13.0. The third-order valence-electron chi connectivity index (χ3n) is 6.63. The van der Waals surface area contributed by atoms with Crippen LogP contribution < -0.4 is 15.4 Å². The van der Waals surface area contributed by atoms with Gasteiger partial charge in [0.25, 0.3) is 0 Å². The lowest BCUT2D eigenvalue weighted by molar-refractivity contribution is 0.415. The van der Waals surface area contributed by atoms with Crippen LogP contribution in [0.2, 0.25) is 0 Å². The highest BCUT2D eigenvalue weighted by Crippen LogP contribution is 2.37. The summed E-state index contributed by atoms with van der Waals surface area (Å²) in [4.78, 5) is 13.4. The third-order valence-corrected chi connectivity index (χ3v) is 6.63. The Bertz CT molecular complexity index is 1580. The molecule has 0 radical (unpaired) electrons. The molecule has 2 aromatic carbocycles. The molecule has 4 heterocycles. The molecule has 0 saturated carbocycles. The zero-order valence-corrected chi connectivity index (χ0v) is 20.0. The molecule has 1 aliphatic rings. The van der Waals surface area contributed by atoms with Crippen molar-refractivity contribution >= 4 is 22.5 Å². The first-order valence-electron chi connectivity index (χ1n) is 11.8. The minimum atomic E-state index is -0.528. The van der Waals surface area contributed by atoms with Crippen LogP contribution in [0.1, 0.15) is 11.1 Å². The first-order chi connectivity index (χ1) is 17.6. The molecular formula is C28H25FN6O. The molecule has 8 heteroatoms. The maximum Gasteiger partial charge on any atom is 0.227 e. The number of aromatic nitrogens is 4.